The van der Waals surface area contributed by atoms with Crippen LogP contribution < -0.4 is 0 Å². The highest BCUT2D eigenvalue weighted by Gasteiger charge is 2.17. The van der Waals surface area contributed by atoms with Crippen LogP contribution in [-0.2, 0) is 11.3 Å². The molecule has 0 aliphatic carbocycles. The molecule has 6 heteroatoms. The van der Waals surface area contributed by atoms with Crippen molar-refractivity contribution < 1.29 is 9.66 Å². The van der Waals surface area contributed by atoms with Crippen LogP contribution in [0, 0.1) is 15.5 Å². The molecule has 6 nitrogen and oxygen atoms in total. The van der Waals surface area contributed by atoms with E-state index in [1.165, 1.54) is 38.5 Å². The first-order valence-electron chi connectivity index (χ1n) is 12.3. The maximum Gasteiger partial charge on any atom is 0.270 e. The number of fused-ring (bicyclic) bond motifs is 3. The molecule has 0 aliphatic heterocycles. The van der Waals surface area contributed by atoms with Crippen molar-refractivity contribution in [2.45, 2.75) is 84.3 Å². The van der Waals surface area contributed by atoms with Crippen LogP contribution in [0.5, 0.6) is 0 Å². The van der Waals surface area contributed by atoms with E-state index in [2.05, 4.69) is 18.4 Å². The summed E-state index contributed by atoms with van der Waals surface area (Å²) in [6.07, 6.45) is 10.4. The van der Waals surface area contributed by atoms with E-state index in [4.69, 9.17) is 10.1 Å². The molecule has 33 heavy (non-hydrogen) atoms. The van der Waals surface area contributed by atoms with Crippen molar-refractivity contribution in [1.29, 1.82) is 5.41 Å². The first-order chi connectivity index (χ1) is 16.0. The minimum absolute atomic E-state index is 0.0434. The smallest absolute Gasteiger partial charge is 0.270 e. The molecule has 3 aromatic rings. The summed E-state index contributed by atoms with van der Waals surface area (Å²) in [5.41, 5.74) is 3.51. The van der Waals surface area contributed by atoms with E-state index in [1.807, 2.05) is 24.3 Å². The molecule has 0 fully saturated rings. The predicted molar refractivity (Wildman–Crippen MR) is 137 cm³/mol. The van der Waals surface area contributed by atoms with Crippen LogP contribution >= 0.6 is 0 Å². The van der Waals surface area contributed by atoms with Crippen LogP contribution in [0.4, 0.5) is 5.69 Å². The minimum Gasteiger partial charge on any atom is -0.381 e. The zero-order chi connectivity index (χ0) is 23.8. The highest BCUT2D eigenvalue weighted by Crippen LogP contribution is 2.32. The quantitative estimate of drug-likeness (QED) is 0.118. The van der Waals surface area contributed by atoms with Gasteiger partial charge < -0.3 is 14.7 Å². The van der Waals surface area contributed by atoms with Gasteiger partial charge in [-0.15, -0.1) is 0 Å². The molecule has 3 rings (SSSR count). The third-order valence-electron chi connectivity index (χ3n) is 6.62. The van der Waals surface area contributed by atoms with Crippen molar-refractivity contribution in [1.82, 2.24) is 4.57 Å². The molecule has 0 saturated heterocycles. The van der Waals surface area contributed by atoms with Gasteiger partial charge >= 0.3 is 0 Å². The molecule has 1 aromatic heterocycles. The van der Waals surface area contributed by atoms with Gasteiger partial charge in [-0.2, -0.15) is 0 Å². The Bertz CT molecular complexity index is 1100. The summed E-state index contributed by atoms with van der Waals surface area (Å²) in [7, 11) is 1.73. The van der Waals surface area contributed by atoms with Gasteiger partial charge in [0.2, 0.25) is 0 Å². The maximum atomic E-state index is 11.3. The molecular formula is C27H37N3O3. The van der Waals surface area contributed by atoms with E-state index in [-0.39, 0.29) is 16.7 Å². The second kappa shape index (κ2) is 11.9. The van der Waals surface area contributed by atoms with Crippen LogP contribution in [0.15, 0.2) is 36.4 Å². The molecule has 1 unspecified atom stereocenters. The number of hydrogen-bond donors (Lipinski definition) is 1. The summed E-state index contributed by atoms with van der Waals surface area (Å²) in [6.45, 7) is 5.09. The largest absolute Gasteiger partial charge is 0.381 e. The Labute approximate surface area is 196 Å². The first-order valence-corrected chi connectivity index (χ1v) is 12.3. The predicted octanol–water partition coefficient (Wildman–Crippen LogP) is 7.64. The third kappa shape index (κ3) is 5.99. The Morgan fingerprint density at radius 2 is 1.64 bits per heavy atom. The molecule has 0 spiro atoms. The van der Waals surface area contributed by atoms with Gasteiger partial charge in [0.15, 0.2) is 0 Å². The SMILES string of the molecule is CCCCCCCCCC(CC(=N)c1ccc2c(c1)c1cc([N+](=O)[O-])ccc1n2CC)OC. The van der Waals surface area contributed by atoms with Crippen molar-refractivity contribution in [3.05, 3.63) is 52.1 Å². The molecule has 0 saturated carbocycles. The van der Waals surface area contributed by atoms with Gasteiger partial charge in [0.1, 0.15) is 0 Å². The van der Waals surface area contributed by atoms with Crippen LogP contribution in [-0.4, -0.2) is 28.4 Å². The molecule has 0 aliphatic rings. The number of nitrogens with one attached hydrogen (secondary N) is 1. The van der Waals surface area contributed by atoms with Crippen molar-refractivity contribution in [3.8, 4) is 0 Å². The number of non-ortho nitro benzene ring substituents is 1. The Hall–Kier alpha value is -2.73. The van der Waals surface area contributed by atoms with E-state index in [9.17, 15) is 10.1 Å². The fourth-order valence-corrected chi connectivity index (χ4v) is 4.71. The second-order valence-corrected chi connectivity index (χ2v) is 8.89. The van der Waals surface area contributed by atoms with Crippen LogP contribution in [0.1, 0.15) is 77.2 Å². The highest BCUT2D eigenvalue weighted by molar-refractivity contribution is 6.11. The summed E-state index contributed by atoms with van der Waals surface area (Å²) in [5.74, 6) is 0. The monoisotopic (exact) mass is 451 g/mol. The number of hydrogen-bond acceptors (Lipinski definition) is 4. The number of rotatable bonds is 14. The number of benzene rings is 2. The number of nitrogens with zero attached hydrogens (tertiary/aromatic N) is 2. The number of nitro benzene ring substituents is 1. The summed E-state index contributed by atoms with van der Waals surface area (Å²) >= 11 is 0. The number of aryl methyl sites for hydroxylation is 1. The molecule has 178 valence electrons. The highest BCUT2D eigenvalue weighted by atomic mass is 16.6. The Kier molecular flexibility index (Phi) is 9.01. The fraction of sp³-hybridized carbons (Fsp3) is 0.519. The lowest BCUT2D eigenvalue weighted by Gasteiger charge is -2.16. The molecule has 1 heterocycles. The van der Waals surface area contributed by atoms with Gasteiger partial charge in [-0.25, -0.2) is 0 Å². The van der Waals surface area contributed by atoms with E-state index in [0.717, 1.165) is 46.8 Å². The van der Waals surface area contributed by atoms with E-state index in [0.29, 0.717) is 12.1 Å². The molecule has 1 atom stereocenters. The van der Waals surface area contributed by atoms with Crippen LogP contribution in [0.25, 0.3) is 21.8 Å². The van der Waals surface area contributed by atoms with Crippen LogP contribution in [0.3, 0.4) is 0 Å². The van der Waals surface area contributed by atoms with Gasteiger partial charge in [-0.05, 0) is 37.1 Å². The Balaban J connectivity index is 1.73. The Morgan fingerprint density at radius 3 is 2.27 bits per heavy atom. The topological polar surface area (TPSA) is 81.1 Å². The minimum atomic E-state index is -0.354. The number of ether oxygens (including phenoxy) is 1. The average molecular weight is 452 g/mol. The maximum absolute atomic E-state index is 11.3. The molecule has 2 aromatic carbocycles. The number of nitro groups is 1. The van der Waals surface area contributed by atoms with Crippen molar-refractivity contribution in [2.75, 3.05) is 7.11 Å². The number of methoxy groups -OCH3 is 1. The van der Waals surface area contributed by atoms with E-state index >= 15 is 0 Å². The standard InChI is InChI=1S/C27H37N3O3/c1-4-6-7-8-9-10-11-12-22(33-3)19-25(28)20-13-15-26-23(17-20)24-18-21(30(31)32)14-16-27(24)29(26)5-2/h13-18,22,28H,4-12,19H2,1-3H3. The Morgan fingerprint density at radius 1 is 1.00 bits per heavy atom. The third-order valence-corrected chi connectivity index (χ3v) is 6.62. The summed E-state index contributed by atoms with van der Waals surface area (Å²) in [6, 6.07) is 11.1. The molecule has 0 amide bonds. The zero-order valence-corrected chi connectivity index (χ0v) is 20.2. The molecular weight excluding hydrogens is 414 g/mol. The summed E-state index contributed by atoms with van der Waals surface area (Å²) in [5, 5.41) is 21.8. The number of aromatic nitrogens is 1. The van der Waals surface area contributed by atoms with Gasteiger partial charge in [0, 0.05) is 59.7 Å². The van der Waals surface area contributed by atoms with Gasteiger partial charge in [0.05, 0.1) is 11.0 Å². The van der Waals surface area contributed by atoms with Crippen LogP contribution in [0.2, 0.25) is 0 Å². The van der Waals surface area contributed by atoms with Gasteiger partial charge in [-0.3, -0.25) is 10.1 Å². The zero-order valence-electron chi connectivity index (χ0n) is 20.2. The fourth-order valence-electron chi connectivity index (χ4n) is 4.71. The lowest BCUT2D eigenvalue weighted by Crippen LogP contribution is -2.16. The first kappa shape index (κ1) is 24.9. The molecule has 0 radical (unpaired) electrons. The summed E-state index contributed by atoms with van der Waals surface area (Å²) in [4.78, 5) is 11.0. The summed E-state index contributed by atoms with van der Waals surface area (Å²) < 4.78 is 7.86. The van der Waals surface area contributed by atoms with Gasteiger partial charge in [0.25, 0.3) is 5.69 Å². The second-order valence-electron chi connectivity index (χ2n) is 8.89. The number of unbranched alkanes of at least 4 members (excludes halogenated alkanes) is 6. The lowest BCUT2D eigenvalue weighted by atomic mass is 9.98. The van der Waals surface area contributed by atoms with E-state index < -0.39 is 0 Å². The molecule has 0 bridgehead atoms. The van der Waals surface area contributed by atoms with Crippen molar-refractivity contribution in [3.63, 3.8) is 0 Å². The van der Waals surface area contributed by atoms with Gasteiger partial charge in [-0.1, -0.05) is 57.9 Å². The van der Waals surface area contributed by atoms with Crippen molar-refractivity contribution >= 4 is 33.2 Å². The van der Waals surface area contributed by atoms with Crippen molar-refractivity contribution in [2.24, 2.45) is 0 Å². The average Bonchev–Trinajstić information content (AvgIpc) is 3.14. The lowest BCUT2D eigenvalue weighted by molar-refractivity contribution is -0.384. The van der Waals surface area contributed by atoms with E-state index in [1.54, 1.807) is 19.2 Å². The normalized spacial score (nSPS) is 12.5. The molecule has 1 N–H and O–H groups in total.